The molecule has 0 saturated heterocycles. The number of phenols is 5. The summed E-state index contributed by atoms with van der Waals surface area (Å²) in [5.74, 6) is -4.09. The maximum Gasteiger partial charge on any atom is 0.173 e. The lowest BCUT2D eigenvalue weighted by atomic mass is 9.86. The average molecular weight is 471 g/mol. The molecule has 3 rings (SSSR count). The summed E-state index contributed by atoms with van der Waals surface area (Å²) in [5.41, 5.74) is -1.47. The third-order valence-electron chi connectivity index (χ3n) is 6.32. The lowest BCUT2D eigenvalue weighted by Gasteiger charge is -2.31. The van der Waals surface area contributed by atoms with Crippen molar-refractivity contribution in [2.24, 2.45) is 5.92 Å². The summed E-state index contributed by atoms with van der Waals surface area (Å²) in [6.07, 6.45) is 3.36. The molecule has 0 aliphatic carbocycles. The van der Waals surface area contributed by atoms with Crippen LogP contribution in [0.1, 0.15) is 84.0 Å². The Balaban J connectivity index is 2.34. The number of Topliss-reactive ketones (excluding diaryl/α,β-unsaturated/α-hetero) is 2. The van der Waals surface area contributed by atoms with E-state index in [9.17, 15) is 35.1 Å². The number of hydrogen-bond donors (Lipinski definition) is 5. The molecule has 2 aromatic carbocycles. The van der Waals surface area contributed by atoms with Gasteiger partial charge in [-0.2, -0.15) is 0 Å². The molecule has 1 aliphatic rings. The second-order valence-electron chi connectivity index (χ2n) is 9.26. The molecule has 1 heterocycles. The fraction of sp³-hybridized carbons (Fsp3) is 0.385. The van der Waals surface area contributed by atoms with Crippen molar-refractivity contribution in [3.8, 4) is 34.5 Å². The second-order valence-corrected chi connectivity index (χ2v) is 9.26. The Morgan fingerprint density at radius 3 is 2.06 bits per heavy atom. The molecule has 0 radical (unpaired) electrons. The molecule has 1 atom stereocenters. The van der Waals surface area contributed by atoms with E-state index in [1.165, 1.54) is 6.92 Å². The number of carbonyl (C=O) groups is 2. The highest BCUT2D eigenvalue weighted by atomic mass is 16.5. The van der Waals surface area contributed by atoms with Crippen molar-refractivity contribution in [2.75, 3.05) is 0 Å². The number of carbonyl (C=O) groups excluding carboxylic acids is 2. The predicted molar refractivity (Wildman–Crippen MR) is 126 cm³/mol. The largest absolute Gasteiger partial charge is 0.507 e. The molecule has 5 N–H and O–H groups in total. The minimum absolute atomic E-state index is 0.0455. The van der Waals surface area contributed by atoms with Crippen molar-refractivity contribution >= 4 is 17.6 Å². The molecule has 182 valence electrons. The molecule has 0 bridgehead atoms. The summed E-state index contributed by atoms with van der Waals surface area (Å²) in [5, 5.41) is 53.8. The highest BCUT2D eigenvalue weighted by Crippen LogP contribution is 2.50. The Bertz CT molecular complexity index is 1240. The molecule has 8 heteroatoms. The summed E-state index contributed by atoms with van der Waals surface area (Å²) < 4.78 is 5.96. The van der Waals surface area contributed by atoms with Gasteiger partial charge in [0.05, 0.1) is 5.56 Å². The molecule has 8 nitrogen and oxygen atoms in total. The maximum atomic E-state index is 13.2. The number of ether oxygens (including phenoxy) is 1. The van der Waals surface area contributed by atoms with Crippen LogP contribution in [-0.2, 0) is 6.42 Å². The normalized spacial score (nSPS) is 14.9. The highest BCUT2D eigenvalue weighted by Gasteiger charge is 2.35. The zero-order valence-electron chi connectivity index (χ0n) is 20.1. The van der Waals surface area contributed by atoms with Crippen LogP contribution in [0.2, 0.25) is 0 Å². The lowest BCUT2D eigenvalue weighted by Crippen LogP contribution is -2.29. The van der Waals surface area contributed by atoms with Crippen LogP contribution in [0.3, 0.4) is 0 Å². The molecule has 1 aliphatic heterocycles. The van der Waals surface area contributed by atoms with Gasteiger partial charge < -0.3 is 30.3 Å². The van der Waals surface area contributed by atoms with Crippen LogP contribution in [0, 0.1) is 12.8 Å². The first kappa shape index (κ1) is 25.0. The number of benzene rings is 2. The van der Waals surface area contributed by atoms with Gasteiger partial charge in [0.15, 0.2) is 11.6 Å². The fourth-order valence-electron chi connectivity index (χ4n) is 4.02. The van der Waals surface area contributed by atoms with E-state index in [0.29, 0.717) is 6.42 Å². The van der Waals surface area contributed by atoms with Gasteiger partial charge in [-0.15, -0.1) is 0 Å². The summed E-state index contributed by atoms with van der Waals surface area (Å²) in [7, 11) is 0. The number of aromatic hydroxyl groups is 5. The van der Waals surface area contributed by atoms with Crippen LogP contribution in [0.4, 0.5) is 0 Å². The minimum atomic E-state index is -0.793. The van der Waals surface area contributed by atoms with Gasteiger partial charge in [0.25, 0.3) is 0 Å². The van der Waals surface area contributed by atoms with E-state index in [1.54, 1.807) is 32.9 Å². The van der Waals surface area contributed by atoms with Crippen LogP contribution in [-0.4, -0.2) is 42.7 Å². The van der Waals surface area contributed by atoms with E-state index in [4.69, 9.17) is 4.74 Å². The summed E-state index contributed by atoms with van der Waals surface area (Å²) in [4.78, 5) is 25.3. The molecule has 2 aromatic rings. The van der Waals surface area contributed by atoms with Crippen LogP contribution in [0.25, 0.3) is 6.08 Å². The molecule has 0 spiro atoms. The number of hydrogen-bond acceptors (Lipinski definition) is 8. The zero-order valence-corrected chi connectivity index (χ0v) is 20.1. The molecular formula is C26H30O8. The monoisotopic (exact) mass is 470 g/mol. The topological polar surface area (TPSA) is 145 Å². The first-order valence-electron chi connectivity index (χ1n) is 11.0. The maximum absolute atomic E-state index is 13.2. The summed E-state index contributed by atoms with van der Waals surface area (Å²) in [6.45, 7) is 9.59. The average Bonchev–Trinajstić information content (AvgIpc) is 2.75. The van der Waals surface area contributed by atoms with E-state index < -0.39 is 52.5 Å². The summed E-state index contributed by atoms with van der Waals surface area (Å²) in [6, 6.07) is 0. The molecule has 0 aromatic heterocycles. The Morgan fingerprint density at radius 1 is 0.941 bits per heavy atom. The first-order chi connectivity index (χ1) is 15.7. The quantitative estimate of drug-likeness (QED) is 0.381. The van der Waals surface area contributed by atoms with Crippen LogP contribution in [0.15, 0.2) is 6.08 Å². The van der Waals surface area contributed by atoms with Gasteiger partial charge in [-0.05, 0) is 46.3 Å². The first-order valence-corrected chi connectivity index (χ1v) is 11.0. The van der Waals surface area contributed by atoms with Crippen LogP contribution in [0.5, 0.6) is 34.5 Å². The number of fused-ring (bicyclic) bond motifs is 1. The highest BCUT2D eigenvalue weighted by molar-refractivity contribution is 6.05. The number of phenolic OH excluding ortho intramolecular Hbond substituents is 5. The Hall–Kier alpha value is -3.68. The van der Waals surface area contributed by atoms with E-state index in [1.807, 2.05) is 6.92 Å². The van der Waals surface area contributed by atoms with Crippen molar-refractivity contribution in [3.63, 3.8) is 0 Å². The van der Waals surface area contributed by atoms with E-state index in [2.05, 4.69) is 0 Å². The fourth-order valence-corrected chi connectivity index (χ4v) is 4.02. The van der Waals surface area contributed by atoms with Gasteiger partial charge in [0.1, 0.15) is 51.2 Å². The van der Waals surface area contributed by atoms with Crippen molar-refractivity contribution in [3.05, 3.63) is 39.5 Å². The minimum Gasteiger partial charge on any atom is -0.507 e. The lowest BCUT2D eigenvalue weighted by molar-refractivity contribution is 0.0909. The standard InChI is InChI=1S/C26H30O8/c1-7-11(2)19(28)18-24(33)16(22(31)14-8-9-26(5,6)34-25(14)18)10-15-20(29)12(3)21(30)17(13(4)27)23(15)32/h8-9,11,29-33H,7,10H2,1-6H3/t11-/m0/s1. The van der Waals surface area contributed by atoms with Crippen molar-refractivity contribution in [1.82, 2.24) is 0 Å². The van der Waals surface area contributed by atoms with Gasteiger partial charge >= 0.3 is 0 Å². The molecule has 0 saturated carbocycles. The van der Waals surface area contributed by atoms with Gasteiger partial charge in [-0.25, -0.2) is 0 Å². The van der Waals surface area contributed by atoms with Gasteiger partial charge in [0.2, 0.25) is 0 Å². The van der Waals surface area contributed by atoms with E-state index in [0.717, 1.165) is 6.92 Å². The predicted octanol–water partition coefficient (Wildman–Crippen LogP) is 4.73. The van der Waals surface area contributed by atoms with Gasteiger partial charge in [-0.3, -0.25) is 9.59 Å². The third-order valence-corrected chi connectivity index (χ3v) is 6.32. The van der Waals surface area contributed by atoms with Crippen LogP contribution < -0.4 is 4.74 Å². The Morgan fingerprint density at radius 2 is 1.50 bits per heavy atom. The molecule has 0 fully saturated rings. The SMILES string of the molecule is CC[C@H](C)C(=O)c1c(O)c(Cc2c(O)c(C)c(O)c(C(C)=O)c2O)c(O)c2c1OC(C)(C)C=C2. The van der Waals surface area contributed by atoms with E-state index >= 15 is 0 Å². The van der Waals surface area contributed by atoms with Crippen molar-refractivity contribution < 1.29 is 39.9 Å². The molecule has 34 heavy (non-hydrogen) atoms. The number of ketones is 2. The summed E-state index contributed by atoms with van der Waals surface area (Å²) >= 11 is 0. The van der Waals surface area contributed by atoms with Crippen LogP contribution >= 0.6 is 0 Å². The number of rotatable bonds is 6. The Kier molecular flexibility index (Phi) is 6.30. The smallest absolute Gasteiger partial charge is 0.173 e. The third kappa shape index (κ3) is 3.93. The molecule has 0 amide bonds. The van der Waals surface area contributed by atoms with E-state index in [-0.39, 0.29) is 44.9 Å². The van der Waals surface area contributed by atoms with Crippen molar-refractivity contribution in [2.45, 2.75) is 60.0 Å². The van der Waals surface area contributed by atoms with Gasteiger partial charge in [-0.1, -0.05) is 13.8 Å². The molecular weight excluding hydrogens is 440 g/mol. The second kappa shape index (κ2) is 8.59. The van der Waals surface area contributed by atoms with Crippen molar-refractivity contribution in [1.29, 1.82) is 0 Å². The molecule has 0 unspecified atom stereocenters. The van der Waals surface area contributed by atoms with Gasteiger partial charge in [0, 0.05) is 29.0 Å². The Labute approximate surface area is 197 Å². The zero-order chi connectivity index (χ0) is 25.7.